The third-order valence-electron chi connectivity index (χ3n) is 3.58. The lowest BCUT2D eigenvalue weighted by molar-refractivity contribution is -0.138. The molecule has 2 aromatic rings. The highest BCUT2D eigenvalue weighted by atomic mass is 16.5. The van der Waals surface area contributed by atoms with Gasteiger partial charge in [0.05, 0.1) is 12.2 Å². The van der Waals surface area contributed by atoms with E-state index < -0.39 is 12.1 Å². The molecule has 0 aliphatic rings. The Morgan fingerprint density at radius 1 is 1.17 bits per heavy atom. The molecular weight excluding hydrogens is 300 g/mol. The second-order valence-corrected chi connectivity index (χ2v) is 5.53. The van der Waals surface area contributed by atoms with Crippen LogP contribution in [0.2, 0.25) is 0 Å². The van der Waals surface area contributed by atoms with E-state index in [1.807, 2.05) is 61.5 Å². The maximum atomic E-state index is 12.1. The van der Waals surface area contributed by atoms with Crippen molar-refractivity contribution in [1.29, 1.82) is 0 Å². The molecule has 24 heavy (non-hydrogen) atoms. The normalized spacial score (nSPS) is 11.3. The van der Waals surface area contributed by atoms with Crippen LogP contribution in [0.5, 0.6) is 0 Å². The van der Waals surface area contributed by atoms with Gasteiger partial charge in [0.1, 0.15) is 6.10 Å². The van der Waals surface area contributed by atoms with Gasteiger partial charge in [-0.05, 0) is 31.1 Å². The molecule has 0 bridgehead atoms. The number of carbonyl (C=O) groups is 1. The lowest BCUT2D eigenvalue weighted by atomic mass is 10.0. The molecule has 0 saturated heterocycles. The van der Waals surface area contributed by atoms with Crippen LogP contribution < -0.4 is 0 Å². The van der Waals surface area contributed by atoms with Gasteiger partial charge in [-0.1, -0.05) is 60.2 Å². The first-order chi connectivity index (χ1) is 11.6. The van der Waals surface area contributed by atoms with Crippen molar-refractivity contribution in [3.05, 3.63) is 88.7 Å². The predicted octanol–water partition coefficient (Wildman–Crippen LogP) is 3.92. The fourth-order valence-electron chi connectivity index (χ4n) is 2.24. The van der Waals surface area contributed by atoms with Crippen molar-refractivity contribution < 1.29 is 14.6 Å². The molecule has 1 N–H and O–H groups in total. The topological polar surface area (TPSA) is 46.5 Å². The monoisotopic (exact) mass is 322 g/mol. The van der Waals surface area contributed by atoms with Crippen LogP contribution in [0.4, 0.5) is 0 Å². The number of benzene rings is 2. The van der Waals surface area contributed by atoms with Crippen LogP contribution >= 0.6 is 0 Å². The smallest absolute Gasteiger partial charge is 0.342 e. The molecule has 0 saturated carbocycles. The molecule has 2 aromatic carbocycles. The molecule has 0 radical (unpaired) electrons. The second-order valence-electron chi connectivity index (χ2n) is 5.53. The molecule has 0 aromatic heterocycles. The highest BCUT2D eigenvalue weighted by Gasteiger charge is 2.11. The van der Waals surface area contributed by atoms with Gasteiger partial charge < -0.3 is 9.84 Å². The van der Waals surface area contributed by atoms with Gasteiger partial charge in [-0.15, -0.1) is 5.73 Å². The van der Waals surface area contributed by atoms with Crippen molar-refractivity contribution in [1.82, 2.24) is 0 Å². The molecule has 1 atom stereocenters. The van der Waals surface area contributed by atoms with Gasteiger partial charge in [0.25, 0.3) is 0 Å². The molecule has 0 spiro atoms. The quantitative estimate of drug-likeness (QED) is 0.498. The second kappa shape index (κ2) is 8.88. The molecular formula is C21H22O3. The molecule has 3 heteroatoms. The number of aliphatic hydroxyl groups excluding tert-OH is 1. The summed E-state index contributed by atoms with van der Waals surface area (Å²) in [7, 11) is 0. The largest absolute Gasteiger partial charge is 0.462 e. The van der Waals surface area contributed by atoms with E-state index in [1.54, 1.807) is 6.92 Å². The number of esters is 1. The Kier molecular flexibility index (Phi) is 6.56. The van der Waals surface area contributed by atoms with E-state index in [0.717, 1.165) is 16.7 Å². The maximum Gasteiger partial charge on any atom is 0.342 e. The zero-order chi connectivity index (χ0) is 17.4. The maximum absolute atomic E-state index is 12.1. The molecule has 124 valence electrons. The van der Waals surface area contributed by atoms with E-state index in [1.165, 1.54) is 6.08 Å². The number of hydrogen-bond donors (Lipinski definition) is 1. The fourth-order valence-corrected chi connectivity index (χ4v) is 2.24. The molecule has 0 heterocycles. The standard InChI is InChI=1S/C21H22O3/c1-3-24-21(23)19(15-17-7-5-4-6-8-17)13-14-20(22)18-11-9-16(2)10-12-18/h4-12,14,20,22H,3,15H2,1-2H3. The molecule has 0 aliphatic carbocycles. The van der Waals surface area contributed by atoms with E-state index in [2.05, 4.69) is 5.73 Å². The van der Waals surface area contributed by atoms with Gasteiger partial charge in [-0.3, -0.25) is 0 Å². The van der Waals surface area contributed by atoms with Gasteiger partial charge in [0.2, 0.25) is 0 Å². The fraction of sp³-hybridized carbons (Fsp3) is 0.238. The summed E-state index contributed by atoms with van der Waals surface area (Å²) < 4.78 is 5.09. The number of rotatable bonds is 6. The van der Waals surface area contributed by atoms with Gasteiger partial charge in [-0.25, -0.2) is 4.79 Å². The lowest BCUT2D eigenvalue weighted by Crippen LogP contribution is -2.09. The average molecular weight is 322 g/mol. The van der Waals surface area contributed by atoms with Gasteiger partial charge >= 0.3 is 5.97 Å². The first kappa shape index (κ1) is 17.7. The van der Waals surface area contributed by atoms with E-state index in [9.17, 15) is 9.90 Å². The highest BCUT2D eigenvalue weighted by molar-refractivity contribution is 5.88. The predicted molar refractivity (Wildman–Crippen MR) is 94.5 cm³/mol. The minimum absolute atomic E-state index is 0.305. The number of hydrogen-bond acceptors (Lipinski definition) is 3. The van der Waals surface area contributed by atoms with Crippen LogP contribution in [0.25, 0.3) is 0 Å². The first-order valence-corrected chi connectivity index (χ1v) is 8.01. The van der Waals surface area contributed by atoms with Crippen LogP contribution in [-0.2, 0) is 16.0 Å². The van der Waals surface area contributed by atoms with Crippen LogP contribution in [0.1, 0.15) is 29.7 Å². The SMILES string of the molecule is CCOC(=O)C(=C=CC(O)c1ccc(C)cc1)Cc1ccccc1. The van der Waals surface area contributed by atoms with Crippen LogP contribution in [0.15, 0.2) is 72.0 Å². The molecule has 1 unspecified atom stereocenters. The molecule has 0 fully saturated rings. The van der Waals surface area contributed by atoms with E-state index in [4.69, 9.17) is 4.74 Å². The van der Waals surface area contributed by atoms with Crippen molar-refractivity contribution in [3.63, 3.8) is 0 Å². The Morgan fingerprint density at radius 3 is 2.46 bits per heavy atom. The van der Waals surface area contributed by atoms with Gasteiger partial charge in [-0.2, -0.15) is 0 Å². The summed E-state index contributed by atoms with van der Waals surface area (Å²) in [5.41, 5.74) is 6.21. The third kappa shape index (κ3) is 5.24. The minimum Gasteiger partial charge on any atom is -0.462 e. The molecule has 0 aliphatic heterocycles. The molecule has 2 rings (SSSR count). The lowest BCUT2D eigenvalue weighted by Gasteiger charge is -2.07. The van der Waals surface area contributed by atoms with Crippen molar-refractivity contribution in [2.45, 2.75) is 26.4 Å². The Labute approximate surface area is 142 Å². The first-order valence-electron chi connectivity index (χ1n) is 8.01. The van der Waals surface area contributed by atoms with Crippen LogP contribution in [0.3, 0.4) is 0 Å². The summed E-state index contributed by atoms with van der Waals surface area (Å²) >= 11 is 0. The number of ether oxygens (including phenoxy) is 1. The van der Waals surface area contributed by atoms with Crippen molar-refractivity contribution in [2.75, 3.05) is 6.61 Å². The third-order valence-corrected chi connectivity index (χ3v) is 3.58. The van der Waals surface area contributed by atoms with Crippen LogP contribution in [-0.4, -0.2) is 17.7 Å². The Hall–Kier alpha value is -2.61. The van der Waals surface area contributed by atoms with E-state index in [0.29, 0.717) is 18.6 Å². The zero-order valence-corrected chi connectivity index (χ0v) is 14.0. The Morgan fingerprint density at radius 2 is 1.83 bits per heavy atom. The summed E-state index contributed by atoms with van der Waals surface area (Å²) in [6.07, 6.45) is 1.10. The van der Waals surface area contributed by atoms with E-state index in [-0.39, 0.29) is 0 Å². The molecule has 0 amide bonds. The average Bonchev–Trinajstić information content (AvgIpc) is 2.60. The Balaban J connectivity index is 2.25. The minimum atomic E-state index is -0.814. The Bertz CT molecular complexity index is 723. The summed E-state index contributed by atoms with van der Waals surface area (Å²) in [6, 6.07) is 17.2. The van der Waals surface area contributed by atoms with Gasteiger partial charge in [0, 0.05) is 6.42 Å². The zero-order valence-electron chi connectivity index (χ0n) is 14.0. The van der Waals surface area contributed by atoms with Gasteiger partial charge in [0.15, 0.2) is 0 Å². The van der Waals surface area contributed by atoms with Crippen molar-refractivity contribution in [2.24, 2.45) is 0 Å². The summed E-state index contributed by atoms with van der Waals surface area (Å²) in [6.45, 7) is 4.06. The van der Waals surface area contributed by atoms with Crippen molar-refractivity contribution in [3.8, 4) is 0 Å². The summed E-state index contributed by atoms with van der Waals surface area (Å²) in [4.78, 5) is 12.1. The summed E-state index contributed by atoms with van der Waals surface area (Å²) in [5.74, 6) is -0.409. The van der Waals surface area contributed by atoms with E-state index >= 15 is 0 Å². The highest BCUT2D eigenvalue weighted by Crippen LogP contribution is 2.15. The number of aryl methyl sites for hydroxylation is 1. The summed E-state index contributed by atoms with van der Waals surface area (Å²) in [5, 5.41) is 10.3. The number of carbonyl (C=O) groups excluding carboxylic acids is 1. The van der Waals surface area contributed by atoms with Crippen LogP contribution in [0, 0.1) is 6.92 Å². The number of aliphatic hydroxyl groups is 1. The molecule has 3 nitrogen and oxygen atoms in total. The van der Waals surface area contributed by atoms with Crippen molar-refractivity contribution >= 4 is 5.97 Å².